The number of nitrogens with one attached hydrogen (secondary N) is 1. The summed E-state index contributed by atoms with van der Waals surface area (Å²) in [4.78, 5) is 11.3. The van der Waals surface area contributed by atoms with E-state index in [-0.39, 0.29) is 12.5 Å². The fourth-order valence-electron chi connectivity index (χ4n) is 1.28. The summed E-state index contributed by atoms with van der Waals surface area (Å²) in [6, 6.07) is 9.40. The zero-order valence-corrected chi connectivity index (χ0v) is 8.72. The van der Waals surface area contributed by atoms with Gasteiger partial charge in [0.25, 0.3) is 5.91 Å². The Labute approximate surface area is 91.6 Å². The summed E-state index contributed by atoms with van der Waals surface area (Å²) in [5.41, 5.74) is 3.46. The number of hydrogen-bond acceptors (Lipinski definition) is 2. The first-order valence-electron chi connectivity index (χ1n) is 4.11. The normalized spacial score (nSPS) is 19.6. The van der Waals surface area contributed by atoms with Gasteiger partial charge in [-0.25, -0.2) is 0 Å². The van der Waals surface area contributed by atoms with Gasteiger partial charge in [-0.05, 0) is 12.1 Å². The fourth-order valence-corrected chi connectivity index (χ4v) is 1.60. The first-order valence-corrected chi connectivity index (χ1v) is 4.87. The van der Waals surface area contributed by atoms with Crippen molar-refractivity contribution in [1.82, 2.24) is 5.43 Å². The van der Waals surface area contributed by atoms with Crippen LogP contribution in [0.1, 0.15) is 0 Å². The van der Waals surface area contributed by atoms with Crippen molar-refractivity contribution in [2.24, 2.45) is 0 Å². The summed E-state index contributed by atoms with van der Waals surface area (Å²) >= 11 is 11.5. The number of alkyl halides is 2. The van der Waals surface area contributed by atoms with Crippen LogP contribution in [0.5, 0.6) is 0 Å². The van der Waals surface area contributed by atoms with E-state index >= 15 is 0 Å². The van der Waals surface area contributed by atoms with Crippen LogP contribution in [0.3, 0.4) is 0 Å². The molecule has 2 rings (SSSR count). The third kappa shape index (κ3) is 1.65. The van der Waals surface area contributed by atoms with E-state index in [2.05, 4.69) is 5.43 Å². The maximum Gasteiger partial charge on any atom is 0.276 e. The zero-order chi connectivity index (χ0) is 10.2. The van der Waals surface area contributed by atoms with Crippen molar-refractivity contribution < 1.29 is 4.79 Å². The van der Waals surface area contributed by atoms with Crippen LogP contribution in [-0.4, -0.2) is 16.8 Å². The third-order valence-corrected chi connectivity index (χ3v) is 2.58. The Morgan fingerprint density at radius 1 is 1.29 bits per heavy atom. The van der Waals surface area contributed by atoms with Gasteiger partial charge in [-0.2, -0.15) is 0 Å². The van der Waals surface area contributed by atoms with Crippen LogP contribution in [0.2, 0.25) is 0 Å². The molecule has 5 heteroatoms. The van der Waals surface area contributed by atoms with Crippen LogP contribution in [-0.2, 0) is 4.79 Å². The number of nitrogens with zero attached hydrogens (tertiary/aromatic N) is 1. The van der Waals surface area contributed by atoms with Crippen molar-refractivity contribution in [3.05, 3.63) is 30.3 Å². The molecule has 1 aromatic carbocycles. The Kier molecular flexibility index (Phi) is 2.29. The van der Waals surface area contributed by atoms with Crippen molar-refractivity contribution in [3.63, 3.8) is 0 Å². The second kappa shape index (κ2) is 3.33. The van der Waals surface area contributed by atoms with E-state index in [4.69, 9.17) is 23.2 Å². The Morgan fingerprint density at radius 2 is 1.93 bits per heavy atom. The molecule has 0 radical (unpaired) electrons. The Morgan fingerprint density at radius 3 is 2.43 bits per heavy atom. The topological polar surface area (TPSA) is 32.3 Å². The van der Waals surface area contributed by atoms with Gasteiger partial charge in [-0.3, -0.25) is 15.2 Å². The summed E-state index contributed by atoms with van der Waals surface area (Å²) < 4.78 is -1.35. The molecule has 1 aliphatic heterocycles. The molecule has 0 saturated carbocycles. The van der Waals surface area contributed by atoms with Crippen LogP contribution in [0, 0.1) is 0 Å². The minimum absolute atomic E-state index is 0.249. The first kappa shape index (κ1) is 9.62. The second-order valence-corrected chi connectivity index (χ2v) is 4.55. The van der Waals surface area contributed by atoms with Crippen molar-refractivity contribution in [2.45, 2.75) is 4.33 Å². The molecule has 0 aromatic heterocycles. The van der Waals surface area contributed by atoms with Crippen LogP contribution in [0.15, 0.2) is 30.3 Å². The van der Waals surface area contributed by atoms with Crippen LogP contribution < -0.4 is 10.4 Å². The number of hydrazine groups is 1. The van der Waals surface area contributed by atoms with E-state index in [0.717, 1.165) is 5.69 Å². The zero-order valence-electron chi connectivity index (χ0n) is 7.21. The van der Waals surface area contributed by atoms with Crippen LogP contribution in [0.4, 0.5) is 5.69 Å². The highest BCUT2D eigenvalue weighted by molar-refractivity contribution is 6.59. The number of para-hydroxylation sites is 1. The number of anilines is 1. The standard InChI is InChI=1S/C9H8Cl2N2O/c10-9(11)6-13(12-8(9)14)7-4-2-1-3-5-7/h1-5H,6H2,(H,12,14). The highest BCUT2D eigenvalue weighted by atomic mass is 35.5. The molecule has 1 amide bonds. The fraction of sp³-hybridized carbons (Fsp3) is 0.222. The molecule has 1 aliphatic rings. The molecule has 0 unspecified atom stereocenters. The predicted molar refractivity (Wildman–Crippen MR) is 56.4 cm³/mol. The van der Waals surface area contributed by atoms with E-state index in [1.807, 2.05) is 30.3 Å². The summed E-state index contributed by atoms with van der Waals surface area (Å²) in [7, 11) is 0. The SMILES string of the molecule is O=C1NN(c2ccccc2)CC1(Cl)Cl. The monoisotopic (exact) mass is 230 g/mol. The number of carbonyl (C=O) groups excluding carboxylic acids is 1. The van der Waals surface area contributed by atoms with Gasteiger partial charge in [0.05, 0.1) is 12.2 Å². The summed E-state index contributed by atoms with van der Waals surface area (Å²) in [6.45, 7) is 0.249. The number of halogens is 2. The van der Waals surface area contributed by atoms with Gasteiger partial charge in [0, 0.05) is 0 Å². The van der Waals surface area contributed by atoms with E-state index in [1.54, 1.807) is 5.01 Å². The minimum atomic E-state index is -1.35. The molecule has 1 aromatic rings. The van der Waals surface area contributed by atoms with Gasteiger partial charge in [-0.1, -0.05) is 41.4 Å². The summed E-state index contributed by atoms with van der Waals surface area (Å²) in [5, 5.41) is 1.63. The van der Waals surface area contributed by atoms with Crippen molar-refractivity contribution in [3.8, 4) is 0 Å². The molecule has 0 atom stereocenters. The van der Waals surface area contributed by atoms with E-state index in [0.29, 0.717) is 0 Å². The van der Waals surface area contributed by atoms with E-state index in [9.17, 15) is 4.79 Å². The minimum Gasteiger partial charge on any atom is -0.282 e. The number of carbonyl (C=O) groups is 1. The molecule has 0 aliphatic carbocycles. The third-order valence-electron chi connectivity index (χ3n) is 1.99. The lowest BCUT2D eigenvalue weighted by Crippen LogP contribution is -2.33. The smallest absolute Gasteiger partial charge is 0.276 e. The lowest BCUT2D eigenvalue weighted by Gasteiger charge is -2.16. The lowest BCUT2D eigenvalue weighted by molar-refractivity contribution is -0.119. The second-order valence-electron chi connectivity index (χ2n) is 3.07. The molecule has 3 nitrogen and oxygen atoms in total. The average Bonchev–Trinajstić information content (AvgIpc) is 2.43. The molecular weight excluding hydrogens is 223 g/mol. The summed E-state index contributed by atoms with van der Waals surface area (Å²) in [5.74, 6) is -0.385. The molecule has 74 valence electrons. The molecule has 14 heavy (non-hydrogen) atoms. The number of hydrogen-bond donors (Lipinski definition) is 1. The van der Waals surface area contributed by atoms with Crippen LogP contribution >= 0.6 is 23.2 Å². The summed E-state index contributed by atoms with van der Waals surface area (Å²) in [6.07, 6.45) is 0. The Bertz CT molecular complexity index is 353. The molecular formula is C9H8Cl2N2O. The highest BCUT2D eigenvalue weighted by Gasteiger charge is 2.43. The molecule has 1 heterocycles. The lowest BCUT2D eigenvalue weighted by atomic mass is 10.3. The molecule has 0 spiro atoms. The number of amides is 1. The molecule has 1 N–H and O–H groups in total. The molecule has 1 saturated heterocycles. The van der Waals surface area contributed by atoms with Gasteiger partial charge in [0.1, 0.15) is 0 Å². The predicted octanol–water partition coefficient (Wildman–Crippen LogP) is 1.71. The van der Waals surface area contributed by atoms with Gasteiger partial charge in [-0.15, -0.1) is 0 Å². The number of rotatable bonds is 1. The average molecular weight is 231 g/mol. The van der Waals surface area contributed by atoms with E-state index in [1.165, 1.54) is 0 Å². The largest absolute Gasteiger partial charge is 0.282 e. The van der Waals surface area contributed by atoms with Crippen LogP contribution in [0.25, 0.3) is 0 Å². The number of benzene rings is 1. The van der Waals surface area contributed by atoms with Gasteiger partial charge >= 0.3 is 0 Å². The van der Waals surface area contributed by atoms with Gasteiger partial charge in [0.15, 0.2) is 0 Å². The molecule has 0 bridgehead atoms. The maximum atomic E-state index is 11.3. The van der Waals surface area contributed by atoms with Crippen molar-refractivity contribution in [2.75, 3.05) is 11.6 Å². The molecule has 1 fully saturated rings. The van der Waals surface area contributed by atoms with E-state index < -0.39 is 4.33 Å². The Balaban J connectivity index is 2.21. The highest BCUT2D eigenvalue weighted by Crippen LogP contribution is 2.29. The maximum absolute atomic E-state index is 11.3. The quantitative estimate of drug-likeness (QED) is 0.746. The first-order chi connectivity index (χ1) is 6.59. The van der Waals surface area contributed by atoms with Gasteiger partial charge in [0.2, 0.25) is 4.33 Å². The van der Waals surface area contributed by atoms with Crippen molar-refractivity contribution in [1.29, 1.82) is 0 Å². The van der Waals surface area contributed by atoms with Gasteiger partial charge < -0.3 is 0 Å². The Hall–Kier alpha value is -0.930. The van der Waals surface area contributed by atoms with Crippen molar-refractivity contribution >= 4 is 34.8 Å².